The van der Waals surface area contributed by atoms with Gasteiger partial charge in [-0.25, -0.2) is 4.79 Å². The first kappa shape index (κ1) is 21.2. The van der Waals surface area contributed by atoms with Crippen molar-refractivity contribution < 1.29 is 14.3 Å². The predicted molar refractivity (Wildman–Crippen MR) is 105 cm³/mol. The smallest absolute Gasteiger partial charge is 0.407 e. The first-order chi connectivity index (χ1) is 12.4. The SMILES string of the molecule is C=CCOC[C@H]1CCCN(C[C@@H]2CCCC[C@H]2NC(=O)OC(C)(C)C)C1. The highest BCUT2D eigenvalue weighted by Gasteiger charge is 2.31. The highest BCUT2D eigenvalue weighted by molar-refractivity contribution is 5.68. The van der Waals surface area contributed by atoms with Crippen molar-refractivity contribution in [3.8, 4) is 0 Å². The molecule has 1 N–H and O–H groups in total. The van der Waals surface area contributed by atoms with Crippen LogP contribution in [0.25, 0.3) is 0 Å². The van der Waals surface area contributed by atoms with Gasteiger partial charge in [-0.15, -0.1) is 6.58 Å². The second kappa shape index (κ2) is 10.3. The van der Waals surface area contributed by atoms with Crippen LogP contribution in [0, 0.1) is 11.8 Å². The molecule has 150 valence electrons. The van der Waals surface area contributed by atoms with Crippen molar-refractivity contribution >= 4 is 6.09 Å². The second-order valence-corrected chi connectivity index (χ2v) is 8.89. The summed E-state index contributed by atoms with van der Waals surface area (Å²) in [5.74, 6) is 1.13. The molecule has 2 rings (SSSR count). The van der Waals surface area contributed by atoms with Crippen LogP contribution in [0.15, 0.2) is 12.7 Å². The zero-order valence-corrected chi connectivity index (χ0v) is 17.0. The van der Waals surface area contributed by atoms with E-state index in [0.717, 1.165) is 32.7 Å². The number of ether oxygens (including phenoxy) is 2. The average Bonchev–Trinajstić information content (AvgIpc) is 2.56. The molecule has 2 aliphatic rings. The second-order valence-electron chi connectivity index (χ2n) is 8.89. The van der Waals surface area contributed by atoms with Gasteiger partial charge in [-0.3, -0.25) is 0 Å². The molecular weight excluding hydrogens is 328 g/mol. The molecule has 5 nitrogen and oxygen atoms in total. The van der Waals surface area contributed by atoms with Crippen LogP contribution in [0.3, 0.4) is 0 Å². The van der Waals surface area contributed by atoms with E-state index in [0.29, 0.717) is 18.4 Å². The Kier molecular flexibility index (Phi) is 8.42. The molecule has 0 aromatic carbocycles. The molecule has 1 amide bonds. The van der Waals surface area contributed by atoms with Crippen LogP contribution in [0.2, 0.25) is 0 Å². The number of alkyl carbamates (subject to hydrolysis) is 1. The summed E-state index contributed by atoms with van der Waals surface area (Å²) in [6, 6.07) is 0.232. The first-order valence-electron chi connectivity index (χ1n) is 10.3. The number of carbonyl (C=O) groups excluding carboxylic acids is 1. The van der Waals surface area contributed by atoms with Gasteiger partial charge in [0.2, 0.25) is 0 Å². The molecule has 0 unspecified atom stereocenters. The molecule has 5 heteroatoms. The van der Waals surface area contributed by atoms with Gasteiger partial charge in [0.15, 0.2) is 0 Å². The minimum atomic E-state index is -0.445. The van der Waals surface area contributed by atoms with Gasteiger partial charge in [0.05, 0.1) is 13.2 Å². The monoisotopic (exact) mass is 366 g/mol. The molecule has 26 heavy (non-hydrogen) atoms. The standard InChI is InChI=1S/C21H38N2O3/c1-5-13-25-16-17-9-8-12-23(14-17)15-18-10-6-7-11-19(18)22-20(24)26-21(2,3)4/h5,17-19H,1,6-16H2,2-4H3,(H,22,24)/t17-,18-,19+/m0/s1. The summed E-state index contributed by atoms with van der Waals surface area (Å²) in [5.41, 5.74) is -0.445. The van der Waals surface area contributed by atoms with E-state index in [9.17, 15) is 4.79 Å². The van der Waals surface area contributed by atoms with Gasteiger partial charge in [0.25, 0.3) is 0 Å². The summed E-state index contributed by atoms with van der Waals surface area (Å²) < 4.78 is 11.1. The summed E-state index contributed by atoms with van der Waals surface area (Å²) in [5, 5.41) is 3.14. The zero-order chi connectivity index (χ0) is 19.0. The van der Waals surface area contributed by atoms with Crippen LogP contribution < -0.4 is 5.32 Å². The Morgan fingerprint density at radius 2 is 2.00 bits per heavy atom. The van der Waals surface area contributed by atoms with E-state index in [1.54, 1.807) is 0 Å². The highest BCUT2D eigenvalue weighted by atomic mass is 16.6. The van der Waals surface area contributed by atoms with Gasteiger partial charge < -0.3 is 19.7 Å². The van der Waals surface area contributed by atoms with Crippen LogP contribution in [0.1, 0.15) is 59.3 Å². The Balaban J connectivity index is 1.82. The molecule has 0 bridgehead atoms. The molecule has 2 fully saturated rings. The third-order valence-electron chi connectivity index (χ3n) is 5.30. The van der Waals surface area contributed by atoms with E-state index in [2.05, 4.69) is 16.8 Å². The lowest BCUT2D eigenvalue weighted by Gasteiger charge is -2.39. The lowest BCUT2D eigenvalue weighted by atomic mass is 9.83. The normalized spacial score (nSPS) is 27.7. The van der Waals surface area contributed by atoms with E-state index >= 15 is 0 Å². The Labute approximate surface area is 159 Å². The third kappa shape index (κ3) is 7.67. The van der Waals surface area contributed by atoms with Gasteiger partial charge in [-0.2, -0.15) is 0 Å². The number of rotatable bonds is 7. The largest absolute Gasteiger partial charge is 0.444 e. The van der Waals surface area contributed by atoms with Crippen molar-refractivity contribution in [1.82, 2.24) is 10.2 Å². The molecule has 1 saturated carbocycles. The quantitative estimate of drug-likeness (QED) is 0.547. The zero-order valence-electron chi connectivity index (χ0n) is 17.0. The topological polar surface area (TPSA) is 50.8 Å². The van der Waals surface area contributed by atoms with Crippen LogP contribution in [-0.4, -0.2) is 55.5 Å². The Hall–Kier alpha value is -1.07. The average molecular weight is 367 g/mol. The van der Waals surface area contributed by atoms with Crippen molar-refractivity contribution in [2.24, 2.45) is 11.8 Å². The summed E-state index contributed by atoms with van der Waals surface area (Å²) in [6.07, 6.45) is 8.72. The molecule has 0 radical (unpaired) electrons. The maximum atomic E-state index is 12.2. The fraction of sp³-hybridized carbons (Fsp3) is 0.857. The van der Waals surface area contributed by atoms with Gasteiger partial charge in [0, 0.05) is 19.1 Å². The van der Waals surface area contributed by atoms with Crippen molar-refractivity contribution in [2.45, 2.75) is 70.9 Å². The predicted octanol–water partition coefficient (Wildman–Crippen LogP) is 3.98. The maximum absolute atomic E-state index is 12.2. The van der Waals surface area contributed by atoms with Gasteiger partial charge in [-0.05, 0) is 64.8 Å². The number of hydrogen-bond acceptors (Lipinski definition) is 4. The Morgan fingerprint density at radius 1 is 1.23 bits per heavy atom. The molecule has 1 aliphatic heterocycles. The lowest BCUT2D eigenvalue weighted by Crippen LogP contribution is -2.49. The fourth-order valence-corrected chi connectivity index (χ4v) is 4.18. The molecule has 1 heterocycles. The van der Waals surface area contributed by atoms with Crippen LogP contribution in [0.5, 0.6) is 0 Å². The van der Waals surface area contributed by atoms with Gasteiger partial charge in [-0.1, -0.05) is 18.9 Å². The van der Waals surface area contributed by atoms with Crippen LogP contribution in [0.4, 0.5) is 4.79 Å². The number of nitrogens with one attached hydrogen (secondary N) is 1. The first-order valence-corrected chi connectivity index (χ1v) is 10.3. The summed E-state index contributed by atoms with van der Waals surface area (Å²) in [4.78, 5) is 14.8. The van der Waals surface area contributed by atoms with E-state index in [1.165, 1.54) is 32.1 Å². The number of nitrogens with zero attached hydrogens (tertiary/aromatic N) is 1. The molecule has 0 aromatic rings. The number of carbonyl (C=O) groups is 1. The number of likely N-dealkylation sites (tertiary alicyclic amines) is 1. The number of piperidine rings is 1. The molecule has 1 saturated heterocycles. The number of amides is 1. The summed E-state index contributed by atoms with van der Waals surface area (Å²) in [7, 11) is 0. The van der Waals surface area contributed by atoms with Crippen molar-refractivity contribution in [1.29, 1.82) is 0 Å². The number of hydrogen-bond donors (Lipinski definition) is 1. The van der Waals surface area contributed by atoms with E-state index in [1.807, 2.05) is 26.8 Å². The summed E-state index contributed by atoms with van der Waals surface area (Å²) in [6.45, 7) is 14.2. The highest BCUT2D eigenvalue weighted by Crippen LogP contribution is 2.27. The van der Waals surface area contributed by atoms with Crippen molar-refractivity contribution in [2.75, 3.05) is 32.8 Å². The van der Waals surface area contributed by atoms with Gasteiger partial charge >= 0.3 is 6.09 Å². The Bertz CT molecular complexity index is 447. The summed E-state index contributed by atoms with van der Waals surface area (Å²) >= 11 is 0. The fourth-order valence-electron chi connectivity index (χ4n) is 4.18. The van der Waals surface area contributed by atoms with E-state index in [4.69, 9.17) is 9.47 Å². The molecule has 0 spiro atoms. The Morgan fingerprint density at radius 3 is 2.73 bits per heavy atom. The minimum absolute atomic E-state index is 0.232. The molecular formula is C21H38N2O3. The van der Waals surface area contributed by atoms with Gasteiger partial charge in [0.1, 0.15) is 5.60 Å². The molecule has 3 atom stereocenters. The van der Waals surface area contributed by atoms with Crippen molar-refractivity contribution in [3.63, 3.8) is 0 Å². The van der Waals surface area contributed by atoms with Crippen LogP contribution >= 0.6 is 0 Å². The third-order valence-corrected chi connectivity index (χ3v) is 5.30. The van der Waals surface area contributed by atoms with E-state index in [-0.39, 0.29) is 12.1 Å². The minimum Gasteiger partial charge on any atom is -0.444 e. The molecule has 1 aliphatic carbocycles. The van der Waals surface area contributed by atoms with Crippen LogP contribution in [-0.2, 0) is 9.47 Å². The molecule has 0 aromatic heterocycles. The van der Waals surface area contributed by atoms with Crippen molar-refractivity contribution in [3.05, 3.63) is 12.7 Å². The maximum Gasteiger partial charge on any atom is 0.407 e. The van der Waals surface area contributed by atoms with E-state index < -0.39 is 5.60 Å². The lowest BCUT2D eigenvalue weighted by molar-refractivity contribution is 0.0414.